The number of amides is 1. The molecule has 2 heterocycles. The number of aliphatic hydroxyl groups is 1. The van der Waals surface area contributed by atoms with Gasteiger partial charge in [-0.3, -0.25) is 4.79 Å². The van der Waals surface area contributed by atoms with Crippen molar-refractivity contribution in [2.45, 2.75) is 43.9 Å². The summed E-state index contributed by atoms with van der Waals surface area (Å²) in [6.45, 7) is 0. The van der Waals surface area contributed by atoms with Crippen LogP contribution in [0.1, 0.15) is 36.0 Å². The smallest absolute Gasteiger partial charge is 0.254 e. The van der Waals surface area contributed by atoms with Crippen LogP contribution >= 0.6 is 0 Å². The minimum Gasteiger partial charge on any atom is -0.393 e. The zero-order valence-corrected chi connectivity index (χ0v) is 9.67. The first-order valence-corrected chi connectivity index (χ1v) is 6.22. The standard InChI is InChI=1S/C14H16NO2/c16-13-8-11-6-7-12(9-13)15(11)14(17)10-4-2-1-3-5-10/h2-5,11-13,16H,6-9H2. The maximum Gasteiger partial charge on any atom is 0.254 e. The average molecular weight is 230 g/mol. The second kappa shape index (κ2) is 4.15. The van der Waals surface area contributed by atoms with E-state index in [9.17, 15) is 9.90 Å². The minimum atomic E-state index is -0.222. The molecule has 2 atom stereocenters. The summed E-state index contributed by atoms with van der Waals surface area (Å²) in [6.07, 6.45) is 3.32. The molecule has 0 aliphatic carbocycles. The van der Waals surface area contributed by atoms with Crippen LogP contribution in [0.15, 0.2) is 24.3 Å². The number of aliphatic hydroxyl groups excluding tert-OH is 1. The lowest BCUT2D eigenvalue weighted by Crippen LogP contribution is -2.47. The van der Waals surface area contributed by atoms with Crippen LogP contribution in [0.25, 0.3) is 0 Å². The predicted octanol–water partition coefficient (Wildman–Crippen LogP) is 1.61. The number of nitrogens with zero attached hydrogens (tertiary/aromatic N) is 1. The Hall–Kier alpha value is -1.35. The molecule has 1 N–H and O–H groups in total. The summed E-state index contributed by atoms with van der Waals surface area (Å²) in [4.78, 5) is 14.4. The van der Waals surface area contributed by atoms with Crippen LogP contribution in [0.5, 0.6) is 0 Å². The van der Waals surface area contributed by atoms with E-state index in [-0.39, 0.29) is 24.1 Å². The third kappa shape index (κ3) is 1.84. The van der Waals surface area contributed by atoms with E-state index in [4.69, 9.17) is 0 Å². The molecule has 0 spiro atoms. The molecule has 3 rings (SSSR count). The number of rotatable bonds is 1. The van der Waals surface area contributed by atoms with Crippen LogP contribution in [0.2, 0.25) is 0 Å². The van der Waals surface area contributed by atoms with Gasteiger partial charge in [-0.25, -0.2) is 0 Å². The lowest BCUT2D eigenvalue weighted by atomic mass is 9.99. The molecule has 1 aromatic rings. The van der Waals surface area contributed by atoms with Crippen LogP contribution in [-0.4, -0.2) is 34.1 Å². The Morgan fingerprint density at radius 2 is 1.82 bits per heavy atom. The third-order valence-electron chi connectivity index (χ3n) is 3.91. The highest BCUT2D eigenvalue weighted by Gasteiger charge is 2.42. The summed E-state index contributed by atoms with van der Waals surface area (Å²) in [5.74, 6) is 0.110. The van der Waals surface area contributed by atoms with E-state index >= 15 is 0 Å². The van der Waals surface area contributed by atoms with Gasteiger partial charge in [0.1, 0.15) is 0 Å². The molecule has 3 nitrogen and oxygen atoms in total. The van der Waals surface area contributed by atoms with Crippen LogP contribution in [0.4, 0.5) is 0 Å². The maximum atomic E-state index is 12.4. The second-order valence-corrected chi connectivity index (χ2v) is 5.01. The van der Waals surface area contributed by atoms with Gasteiger partial charge in [0.15, 0.2) is 0 Å². The van der Waals surface area contributed by atoms with Crippen molar-refractivity contribution < 1.29 is 9.90 Å². The maximum absolute atomic E-state index is 12.4. The van der Waals surface area contributed by atoms with Crippen LogP contribution in [0, 0.1) is 6.07 Å². The molecule has 3 heteroatoms. The number of carbonyl (C=O) groups excluding carboxylic acids is 1. The Morgan fingerprint density at radius 1 is 1.24 bits per heavy atom. The molecule has 89 valence electrons. The fourth-order valence-electron chi connectivity index (χ4n) is 3.16. The Balaban J connectivity index is 1.84. The summed E-state index contributed by atoms with van der Waals surface area (Å²) in [7, 11) is 0. The SMILES string of the molecule is O=C(c1cc[c]cc1)N1C2CCC1CC(O)C2. The summed E-state index contributed by atoms with van der Waals surface area (Å²) >= 11 is 0. The summed E-state index contributed by atoms with van der Waals surface area (Å²) in [5, 5.41) is 9.72. The molecule has 2 aliphatic heterocycles. The molecule has 2 bridgehead atoms. The zero-order valence-electron chi connectivity index (χ0n) is 9.67. The van der Waals surface area contributed by atoms with E-state index in [0.29, 0.717) is 0 Å². The zero-order chi connectivity index (χ0) is 11.8. The molecule has 2 aliphatic rings. The first kappa shape index (κ1) is 10.8. The van der Waals surface area contributed by atoms with E-state index in [1.165, 1.54) is 0 Å². The predicted molar refractivity (Wildman–Crippen MR) is 63.5 cm³/mol. The number of hydrogen-bond acceptors (Lipinski definition) is 2. The van der Waals surface area contributed by atoms with Gasteiger partial charge in [-0.15, -0.1) is 0 Å². The van der Waals surface area contributed by atoms with Crippen LogP contribution < -0.4 is 0 Å². The van der Waals surface area contributed by atoms with Gasteiger partial charge in [0.25, 0.3) is 5.91 Å². The van der Waals surface area contributed by atoms with Gasteiger partial charge in [0.2, 0.25) is 0 Å². The van der Waals surface area contributed by atoms with Crippen molar-refractivity contribution in [3.8, 4) is 0 Å². The van der Waals surface area contributed by atoms with Gasteiger partial charge in [0, 0.05) is 17.6 Å². The highest BCUT2D eigenvalue weighted by Crippen LogP contribution is 2.36. The molecule has 2 saturated heterocycles. The lowest BCUT2D eigenvalue weighted by molar-refractivity contribution is 0.0287. The number of carbonyl (C=O) groups is 1. The largest absolute Gasteiger partial charge is 0.393 e. The first-order valence-electron chi connectivity index (χ1n) is 6.22. The lowest BCUT2D eigenvalue weighted by Gasteiger charge is -2.37. The van der Waals surface area contributed by atoms with Gasteiger partial charge in [-0.2, -0.15) is 0 Å². The molecular weight excluding hydrogens is 214 g/mol. The van der Waals surface area contributed by atoms with Gasteiger partial charge >= 0.3 is 0 Å². The Morgan fingerprint density at radius 3 is 2.41 bits per heavy atom. The Kier molecular flexibility index (Phi) is 2.63. The van der Waals surface area contributed by atoms with E-state index in [1.54, 1.807) is 12.1 Å². The quantitative estimate of drug-likeness (QED) is 0.796. The summed E-state index contributed by atoms with van der Waals surface area (Å²) in [6, 6.07) is 10.6. The van der Waals surface area contributed by atoms with Gasteiger partial charge in [0.05, 0.1) is 6.10 Å². The van der Waals surface area contributed by atoms with Gasteiger partial charge in [-0.1, -0.05) is 12.1 Å². The minimum absolute atomic E-state index is 0.110. The van der Waals surface area contributed by atoms with E-state index in [2.05, 4.69) is 6.07 Å². The van der Waals surface area contributed by atoms with Crippen molar-refractivity contribution in [2.24, 2.45) is 0 Å². The Labute approximate surface area is 101 Å². The molecule has 2 fully saturated rings. The van der Waals surface area contributed by atoms with Crippen LogP contribution in [0.3, 0.4) is 0 Å². The average Bonchev–Trinajstić information content (AvgIpc) is 2.62. The summed E-state index contributed by atoms with van der Waals surface area (Å²) < 4.78 is 0. The van der Waals surface area contributed by atoms with Gasteiger partial charge < -0.3 is 10.0 Å². The second-order valence-electron chi connectivity index (χ2n) is 5.01. The summed E-state index contributed by atoms with van der Waals surface area (Å²) in [5.41, 5.74) is 0.733. The van der Waals surface area contributed by atoms with Crippen molar-refractivity contribution in [1.29, 1.82) is 0 Å². The number of benzene rings is 1. The van der Waals surface area contributed by atoms with Crippen molar-refractivity contribution in [1.82, 2.24) is 4.90 Å². The van der Waals surface area contributed by atoms with E-state index in [1.807, 2.05) is 17.0 Å². The molecule has 17 heavy (non-hydrogen) atoms. The van der Waals surface area contributed by atoms with Crippen molar-refractivity contribution in [3.63, 3.8) is 0 Å². The topological polar surface area (TPSA) is 40.5 Å². The van der Waals surface area contributed by atoms with E-state index < -0.39 is 0 Å². The molecule has 0 saturated carbocycles. The monoisotopic (exact) mass is 230 g/mol. The third-order valence-corrected chi connectivity index (χ3v) is 3.91. The van der Waals surface area contributed by atoms with E-state index in [0.717, 1.165) is 31.2 Å². The van der Waals surface area contributed by atoms with Crippen molar-refractivity contribution in [2.75, 3.05) is 0 Å². The number of hydrogen-bond donors (Lipinski definition) is 1. The molecule has 1 aromatic carbocycles. The highest BCUT2D eigenvalue weighted by molar-refractivity contribution is 5.94. The fourth-order valence-corrected chi connectivity index (χ4v) is 3.16. The van der Waals surface area contributed by atoms with Crippen molar-refractivity contribution in [3.05, 3.63) is 35.9 Å². The molecule has 1 radical (unpaired) electrons. The number of piperidine rings is 1. The number of fused-ring (bicyclic) bond motifs is 2. The normalized spacial score (nSPS) is 31.6. The van der Waals surface area contributed by atoms with Gasteiger partial charge in [-0.05, 0) is 43.9 Å². The first-order chi connectivity index (χ1) is 8.25. The molecule has 2 unspecified atom stereocenters. The Bertz CT molecular complexity index is 403. The fraction of sp³-hybridized carbons (Fsp3) is 0.500. The van der Waals surface area contributed by atoms with Crippen molar-refractivity contribution >= 4 is 5.91 Å². The van der Waals surface area contributed by atoms with Crippen LogP contribution in [-0.2, 0) is 0 Å². The molecule has 1 amide bonds. The molecular formula is C14H16NO2. The highest BCUT2D eigenvalue weighted by atomic mass is 16.3. The molecule has 0 aromatic heterocycles.